The van der Waals surface area contributed by atoms with Crippen LogP contribution in [-0.2, 0) is 6.18 Å². The lowest BCUT2D eigenvalue weighted by Crippen LogP contribution is -2.45. The number of guanidine groups is 1. The first kappa shape index (κ1) is 28.0. The van der Waals surface area contributed by atoms with Crippen LogP contribution in [0.2, 0.25) is 5.02 Å². The third-order valence-corrected chi connectivity index (χ3v) is 5.57. The Morgan fingerprint density at radius 2 is 2.03 bits per heavy atom. The molecule has 0 aromatic carbocycles. The predicted octanol–water partition coefficient (Wildman–Crippen LogP) is 4.24. The summed E-state index contributed by atoms with van der Waals surface area (Å²) in [4.78, 5) is 12.5. The summed E-state index contributed by atoms with van der Waals surface area (Å²) in [5.41, 5.74) is -0.837. The largest absolute Gasteiger partial charge is 0.417 e. The Labute approximate surface area is 205 Å². The highest BCUT2D eigenvalue weighted by Gasteiger charge is 2.33. The molecule has 2 rings (SSSR count). The van der Waals surface area contributed by atoms with Crippen LogP contribution in [0.15, 0.2) is 17.3 Å². The van der Waals surface area contributed by atoms with Gasteiger partial charge in [-0.05, 0) is 45.0 Å². The lowest BCUT2D eigenvalue weighted by molar-refractivity contribution is -0.137. The molecule has 2 N–H and O–H groups in total. The van der Waals surface area contributed by atoms with Gasteiger partial charge in [0.15, 0.2) is 5.96 Å². The maximum atomic E-state index is 12.8. The van der Waals surface area contributed by atoms with Crippen LogP contribution in [0, 0.1) is 0 Å². The minimum absolute atomic E-state index is 0. The average Bonchev–Trinajstić information content (AvgIpc) is 3.17. The summed E-state index contributed by atoms with van der Waals surface area (Å²) in [7, 11) is 1.73. The van der Waals surface area contributed by atoms with Crippen molar-refractivity contribution in [2.24, 2.45) is 4.99 Å². The van der Waals surface area contributed by atoms with Crippen LogP contribution in [0.5, 0.6) is 0 Å². The fourth-order valence-electron chi connectivity index (χ4n) is 3.48. The van der Waals surface area contributed by atoms with Crippen LogP contribution in [-0.4, -0.2) is 68.2 Å². The van der Waals surface area contributed by atoms with E-state index in [4.69, 9.17) is 11.6 Å². The average molecular weight is 577 g/mol. The van der Waals surface area contributed by atoms with Crippen molar-refractivity contribution in [2.75, 3.05) is 51.2 Å². The van der Waals surface area contributed by atoms with Crippen molar-refractivity contribution in [1.29, 1.82) is 0 Å². The first-order valence-corrected chi connectivity index (χ1v) is 10.8. The molecule has 1 aliphatic heterocycles. The number of alkyl halides is 3. The van der Waals surface area contributed by atoms with Crippen molar-refractivity contribution in [3.05, 3.63) is 22.8 Å². The number of nitrogens with one attached hydrogen (secondary N) is 2. The molecule has 31 heavy (non-hydrogen) atoms. The Morgan fingerprint density at radius 3 is 2.61 bits per heavy atom. The second-order valence-electron chi connectivity index (χ2n) is 7.34. The molecule has 1 unspecified atom stereocenters. The number of anilines is 1. The van der Waals surface area contributed by atoms with Crippen LogP contribution >= 0.6 is 35.6 Å². The van der Waals surface area contributed by atoms with Gasteiger partial charge in [-0.3, -0.25) is 4.99 Å². The number of aliphatic imine (C=N–C) groups is 1. The van der Waals surface area contributed by atoms with Crippen LogP contribution in [0.3, 0.4) is 0 Å². The normalized spacial score (nSPS) is 17.1. The van der Waals surface area contributed by atoms with Gasteiger partial charge in [0.05, 0.1) is 10.6 Å². The highest BCUT2D eigenvalue weighted by molar-refractivity contribution is 14.0. The van der Waals surface area contributed by atoms with Gasteiger partial charge in [0.2, 0.25) is 0 Å². The summed E-state index contributed by atoms with van der Waals surface area (Å²) in [5, 5.41) is 6.72. The van der Waals surface area contributed by atoms with Gasteiger partial charge in [-0.1, -0.05) is 25.4 Å². The number of hydrogen-bond acceptors (Lipinski definition) is 4. The number of halogens is 5. The Morgan fingerprint density at radius 1 is 1.32 bits per heavy atom. The second kappa shape index (κ2) is 13.5. The van der Waals surface area contributed by atoms with Crippen LogP contribution in [0.25, 0.3) is 0 Å². The van der Waals surface area contributed by atoms with E-state index < -0.39 is 11.7 Å². The first-order chi connectivity index (χ1) is 14.3. The SMILES string of the molecule is CCN(CC)CCCCNC(=NC)NC1CCN(c2ncc(C(F)(F)F)cc2Cl)C1.I. The molecule has 0 saturated carbocycles. The van der Waals surface area contributed by atoms with E-state index in [2.05, 4.69) is 39.4 Å². The van der Waals surface area contributed by atoms with Gasteiger partial charge in [-0.15, -0.1) is 24.0 Å². The smallest absolute Gasteiger partial charge is 0.356 e. The second-order valence-corrected chi connectivity index (χ2v) is 7.74. The topological polar surface area (TPSA) is 55.8 Å². The van der Waals surface area contributed by atoms with Gasteiger partial charge in [-0.25, -0.2) is 4.98 Å². The zero-order valence-corrected chi connectivity index (χ0v) is 21.4. The first-order valence-electron chi connectivity index (χ1n) is 10.5. The summed E-state index contributed by atoms with van der Waals surface area (Å²) in [5.74, 6) is 1.12. The van der Waals surface area contributed by atoms with Crippen molar-refractivity contribution in [3.8, 4) is 0 Å². The van der Waals surface area contributed by atoms with Crippen molar-refractivity contribution in [1.82, 2.24) is 20.5 Å². The van der Waals surface area contributed by atoms with Gasteiger partial charge >= 0.3 is 6.18 Å². The Hall–Kier alpha value is -1.01. The molecular formula is C20H33ClF3IN6. The highest BCUT2D eigenvalue weighted by Crippen LogP contribution is 2.34. The maximum absolute atomic E-state index is 12.8. The van der Waals surface area contributed by atoms with E-state index in [9.17, 15) is 13.2 Å². The van der Waals surface area contributed by atoms with E-state index in [0.717, 1.165) is 63.7 Å². The molecule has 6 nitrogen and oxygen atoms in total. The molecule has 0 radical (unpaired) electrons. The number of nitrogens with zero attached hydrogens (tertiary/aromatic N) is 4. The molecule has 1 aliphatic rings. The molecule has 11 heteroatoms. The fourth-order valence-corrected chi connectivity index (χ4v) is 3.77. The van der Waals surface area contributed by atoms with Crippen molar-refractivity contribution in [2.45, 2.75) is 45.3 Å². The van der Waals surface area contributed by atoms with E-state index >= 15 is 0 Å². The van der Waals surface area contributed by atoms with Crippen LogP contribution in [0.1, 0.15) is 38.7 Å². The van der Waals surface area contributed by atoms with Gasteiger partial charge in [0.25, 0.3) is 0 Å². The minimum atomic E-state index is -4.45. The Kier molecular flexibility index (Phi) is 12.2. The Balaban J connectivity index is 0.00000480. The van der Waals surface area contributed by atoms with E-state index in [0.29, 0.717) is 18.9 Å². The Bertz CT molecular complexity index is 700. The van der Waals surface area contributed by atoms with Gasteiger partial charge in [-0.2, -0.15) is 13.2 Å². The van der Waals surface area contributed by atoms with E-state index in [1.807, 2.05) is 4.90 Å². The zero-order chi connectivity index (χ0) is 22.1. The van der Waals surface area contributed by atoms with Crippen LogP contribution < -0.4 is 15.5 Å². The summed E-state index contributed by atoms with van der Waals surface area (Å²) in [6.07, 6.45) is -0.615. The van der Waals surface area contributed by atoms with Gasteiger partial charge in [0.1, 0.15) is 5.82 Å². The zero-order valence-electron chi connectivity index (χ0n) is 18.3. The van der Waals surface area contributed by atoms with Crippen LogP contribution in [0.4, 0.5) is 19.0 Å². The van der Waals surface area contributed by atoms with Gasteiger partial charge < -0.3 is 20.4 Å². The molecule has 1 aromatic rings. The number of hydrogen-bond donors (Lipinski definition) is 2. The van der Waals surface area contributed by atoms with E-state index in [1.165, 1.54) is 0 Å². The summed E-state index contributed by atoms with van der Waals surface area (Å²) >= 11 is 6.07. The summed E-state index contributed by atoms with van der Waals surface area (Å²) < 4.78 is 38.4. The quantitative estimate of drug-likeness (QED) is 0.199. The van der Waals surface area contributed by atoms with Gasteiger partial charge in [0, 0.05) is 38.9 Å². The lowest BCUT2D eigenvalue weighted by Gasteiger charge is -2.21. The molecule has 1 fully saturated rings. The van der Waals surface area contributed by atoms with E-state index in [1.54, 1.807) is 7.05 Å². The summed E-state index contributed by atoms with van der Waals surface area (Å²) in [6.45, 7) is 9.68. The molecule has 1 aromatic heterocycles. The number of rotatable bonds is 9. The molecular weight excluding hydrogens is 544 g/mol. The third kappa shape index (κ3) is 8.80. The van der Waals surface area contributed by atoms with Crippen molar-refractivity contribution >= 4 is 47.4 Å². The predicted molar refractivity (Wildman–Crippen MR) is 132 cm³/mol. The monoisotopic (exact) mass is 576 g/mol. The third-order valence-electron chi connectivity index (χ3n) is 5.29. The highest BCUT2D eigenvalue weighted by atomic mass is 127. The molecule has 0 spiro atoms. The molecule has 0 bridgehead atoms. The van der Waals surface area contributed by atoms with E-state index in [-0.39, 0.29) is 35.0 Å². The standard InChI is InChI=1S/C20H32ClF3N6.HI/c1-4-29(5-2)10-7-6-9-26-19(25-3)28-16-8-11-30(14-16)18-17(21)12-15(13-27-18)20(22,23)24;/h12-13,16H,4-11,14H2,1-3H3,(H2,25,26,28);1H. The lowest BCUT2D eigenvalue weighted by atomic mass is 10.2. The fraction of sp³-hybridized carbons (Fsp3) is 0.700. The van der Waals surface area contributed by atoms with Crippen molar-refractivity contribution in [3.63, 3.8) is 0 Å². The minimum Gasteiger partial charge on any atom is -0.356 e. The molecule has 1 saturated heterocycles. The van der Waals surface area contributed by atoms with Crippen molar-refractivity contribution < 1.29 is 13.2 Å². The number of pyridine rings is 1. The molecule has 178 valence electrons. The maximum Gasteiger partial charge on any atom is 0.417 e. The molecule has 0 aliphatic carbocycles. The number of unbranched alkanes of at least 4 members (excludes halogenated alkanes) is 1. The summed E-state index contributed by atoms with van der Waals surface area (Å²) in [6, 6.07) is 1.05. The molecule has 2 heterocycles. The number of aromatic nitrogens is 1. The molecule has 1 atom stereocenters. The molecule has 0 amide bonds.